The van der Waals surface area contributed by atoms with E-state index in [4.69, 9.17) is 0 Å². The summed E-state index contributed by atoms with van der Waals surface area (Å²) in [6.45, 7) is 0. The molecule has 0 saturated carbocycles. The number of hydrogen-bond acceptors (Lipinski definition) is 3. The standard InChI is InChI=1S/C61H40BrN5/c62-55-40-61(67-57-28-16-14-26-51(57)54-38-49(34-36-59(54)67)65(46-21-9-3-10-22-46)47-23-11-4-12-24-47)60(39-52(55)43-31-29-42(41-63)30-32-43)66-56-27-15-13-25-50(56)53-37-48(33-35-58(53)66)64(44-17-5-1-6-18-44)45-19-7-2-8-20-45/h1-40H. The van der Waals surface area contributed by atoms with Crippen molar-refractivity contribution in [3.63, 3.8) is 0 Å². The fraction of sp³-hybridized carbons (Fsp3) is 0. The van der Waals surface area contributed by atoms with Crippen LogP contribution in [-0.4, -0.2) is 9.13 Å². The number of nitrogens with zero attached hydrogens (tertiary/aromatic N) is 5. The molecule has 0 unspecified atom stereocenters. The highest BCUT2D eigenvalue weighted by Gasteiger charge is 2.24. The fourth-order valence-electron chi connectivity index (χ4n) is 9.78. The van der Waals surface area contributed by atoms with Gasteiger partial charge in [0.15, 0.2) is 0 Å². The number of hydrogen-bond donors (Lipinski definition) is 0. The minimum atomic E-state index is 0.623. The number of rotatable bonds is 9. The van der Waals surface area contributed by atoms with Gasteiger partial charge in [-0.15, -0.1) is 0 Å². The SMILES string of the molecule is N#Cc1ccc(-c2cc(-n3c4ccccc4c4cc(N(c5ccccc5)c5ccccc5)ccc43)c(-n3c4ccccc4c4cc(N(c5ccccc5)c5ccccc5)ccc43)cc2Br)cc1. The molecular weight excluding hydrogens is 883 g/mol. The first-order valence-corrected chi connectivity index (χ1v) is 23.1. The molecule has 6 heteroatoms. The summed E-state index contributed by atoms with van der Waals surface area (Å²) in [4.78, 5) is 4.64. The molecule has 2 aromatic heterocycles. The van der Waals surface area contributed by atoms with Crippen LogP contribution in [0.3, 0.4) is 0 Å². The molecule has 2 heterocycles. The summed E-state index contributed by atoms with van der Waals surface area (Å²) in [6.07, 6.45) is 0. The van der Waals surface area contributed by atoms with Crippen molar-refractivity contribution < 1.29 is 0 Å². The van der Waals surface area contributed by atoms with Crippen LogP contribution < -0.4 is 9.80 Å². The van der Waals surface area contributed by atoms with Gasteiger partial charge < -0.3 is 18.9 Å². The molecule has 5 nitrogen and oxygen atoms in total. The Morgan fingerprint density at radius 1 is 0.343 bits per heavy atom. The molecule has 0 aliphatic rings. The molecule has 316 valence electrons. The third-order valence-electron chi connectivity index (χ3n) is 12.8. The molecule has 0 bridgehead atoms. The van der Waals surface area contributed by atoms with Crippen molar-refractivity contribution in [2.24, 2.45) is 0 Å². The van der Waals surface area contributed by atoms with Gasteiger partial charge in [-0.25, -0.2) is 0 Å². The monoisotopic (exact) mass is 921 g/mol. The number of benzene rings is 10. The summed E-state index contributed by atoms with van der Waals surface area (Å²) < 4.78 is 5.80. The number of anilines is 6. The second kappa shape index (κ2) is 16.7. The van der Waals surface area contributed by atoms with Crippen molar-refractivity contribution in [1.29, 1.82) is 5.26 Å². The van der Waals surface area contributed by atoms with Gasteiger partial charge in [-0.05, 0) is 132 Å². The lowest BCUT2D eigenvalue weighted by molar-refractivity contribution is 1.09. The summed E-state index contributed by atoms with van der Waals surface area (Å²) in [6, 6.07) is 88.2. The van der Waals surface area contributed by atoms with Crippen LogP contribution in [0.4, 0.5) is 34.1 Å². The van der Waals surface area contributed by atoms with Crippen molar-refractivity contribution in [2.45, 2.75) is 0 Å². The molecule has 0 aliphatic heterocycles. The highest BCUT2D eigenvalue weighted by molar-refractivity contribution is 9.10. The zero-order valence-electron chi connectivity index (χ0n) is 36.2. The molecule has 67 heavy (non-hydrogen) atoms. The van der Waals surface area contributed by atoms with Gasteiger partial charge in [0.1, 0.15) is 0 Å². The summed E-state index contributed by atoms with van der Waals surface area (Å²) in [7, 11) is 0. The molecule has 0 saturated heterocycles. The summed E-state index contributed by atoms with van der Waals surface area (Å²) >= 11 is 4.08. The third-order valence-corrected chi connectivity index (χ3v) is 13.4. The van der Waals surface area contributed by atoms with Gasteiger partial charge in [0.05, 0.1) is 45.1 Å². The van der Waals surface area contributed by atoms with E-state index in [0.717, 1.165) is 105 Å². The predicted octanol–water partition coefficient (Wildman–Crippen LogP) is 17.1. The zero-order chi connectivity index (χ0) is 44.8. The van der Waals surface area contributed by atoms with E-state index in [1.807, 2.05) is 24.3 Å². The minimum Gasteiger partial charge on any atom is -0.310 e. The normalized spacial score (nSPS) is 11.3. The molecule has 10 aromatic carbocycles. The van der Waals surface area contributed by atoms with Crippen LogP contribution in [-0.2, 0) is 0 Å². The second-order valence-corrected chi connectivity index (χ2v) is 17.5. The van der Waals surface area contributed by atoms with Crippen LogP contribution in [0, 0.1) is 11.3 Å². The summed E-state index contributed by atoms with van der Waals surface area (Å²) in [5, 5.41) is 14.3. The van der Waals surface area contributed by atoms with Gasteiger partial charge in [0, 0.05) is 60.1 Å². The molecule has 12 rings (SSSR count). The Hall–Kier alpha value is -8.63. The molecule has 12 aromatic rings. The maximum Gasteiger partial charge on any atom is 0.0991 e. The van der Waals surface area contributed by atoms with Gasteiger partial charge in [-0.2, -0.15) is 5.26 Å². The first kappa shape index (κ1) is 39.9. The lowest BCUT2D eigenvalue weighted by Crippen LogP contribution is -2.10. The Labute approximate surface area is 397 Å². The minimum absolute atomic E-state index is 0.623. The number of nitriles is 1. The average molecular weight is 923 g/mol. The molecule has 0 N–H and O–H groups in total. The maximum absolute atomic E-state index is 9.71. The van der Waals surface area contributed by atoms with Crippen LogP contribution >= 0.6 is 15.9 Å². The van der Waals surface area contributed by atoms with Crippen molar-refractivity contribution in [3.8, 4) is 28.6 Å². The average Bonchev–Trinajstić information content (AvgIpc) is 3.90. The van der Waals surface area contributed by atoms with Crippen molar-refractivity contribution in [3.05, 3.63) is 253 Å². The zero-order valence-corrected chi connectivity index (χ0v) is 37.8. The van der Waals surface area contributed by atoms with E-state index >= 15 is 0 Å². The van der Waals surface area contributed by atoms with E-state index < -0.39 is 0 Å². The van der Waals surface area contributed by atoms with Crippen LogP contribution in [0.15, 0.2) is 247 Å². The highest BCUT2D eigenvalue weighted by atomic mass is 79.9. The molecule has 0 radical (unpaired) electrons. The van der Waals surface area contributed by atoms with Crippen LogP contribution in [0.5, 0.6) is 0 Å². The molecule has 0 fully saturated rings. The van der Waals surface area contributed by atoms with Crippen molar-refractivity contribution in [1.82, 2.24) is 9.13 Å². The maximum atomic E-state index is 9.71. The lowest BCUT2D eigenvalue weighted by atomic mass is 10.0. The third kappa shape index (κ3) is 6.93. The van der Waals surface area contributed by atoms with E-state index in [9.17, 15) is 5.26 Å². The molecule has 0 amide bonds. The fourth-order valence-corrected chi connectivity index (χ4v) is 10.3. The number of para-hydroxylation sites is 6. The van der Waals surface area contributed by atoms with Gasteiger partial charge in [0.2, 0.25) is 0 Å². The van der Waals surface area contributed by atoms with Crippen LogP contribution in [0.2, 0.25) is 0 Å². The summed E-state index contributed by atoms with van der Waals surface area (Å²) in [5.41, 5.74) is 15.6. The van der Waals surface area contributed by atoms with E-state index in [0.29, 0.717) is 5.56 Å². The number of aromatic nitrogens is 2. The van der Waals surface area contributed by atoms with Gasteiger partial charge in [-0.3, -0.25) is 0 Å². The smallest absolute Gasteiger partial charge is 0.0991 e. The quantitative estimate of drug-likeness (QED) is 0.145. The Kier molecular flexibility index (Phi) is 9.97. The largest absolute Gasteiger partial charge is 0.310 e. The van der Waals surface area contributed by atoms with E-state index in [-0.39, 0.29) is 0 Å². The van der Waals surface area contributed by atoms with E-state index in [2.05, 4.69) is 259 Å². The molecule has 0 spiro atoms. The first-order chi connectivity index (χ1) is 33.1. The first-order valence-electron chi connectivity index (χ1n) is 22.3. The van der Waals surface area contributed by atoms with Gasteiger partial charge in [0.25, 0.3) is 0 Å². The lowest BCUT2D eigenvalue weighted by Gasteiger charge is -2.26. The summed E-state index contributed by atoms with van der Waals surface area (Å²) in [5.74, 6) is 0. The molecule has 0 atom stereocenters. The van der Waals surface area contributed by atoms with E-state index in [1.165, 1.54) is 0 Å². The number of halogens is 1. The Balaban J connectivity index is 1.13. The Bertz CT molecular complexity index is 3740. The Morgan fingerprint density at radius 2 is 0.716 bits per heavy atom. The second-order valence-electron chi connectivity index (χ2n) is 16.6. The Morgan fingerprint density at radius 3 is 1.13 bits per heavy atom. The molecule has 0 aliphatic carbocycles. The van der Waals surface area contributed by atoms with Crippen molar-refractivity contribution >= 4 is 93.7 Å². The van der Waals surface area contributed by atoms with E-state index in [1.54, 1.807) is 0 Å². The highest BCUT2D eigenvalue weighted by Crippen LogP contribution is 2.45. The molecular formula is C61H40BrN5. The van der Waals surface area contributed by atoms with Crippen LogP contribution in [0.1, 0.15) is 5.56 Å². The van der Waals surface area contributed by atoms with Crippen LogP contribution in [0.25, 0.3) is 66.1 Å². The van der Waals surface area contributed by atoms with Gasteiger partial charge >= 0.3 is 0 Å². The number of fused-ring (bicyclic) bond motifs is 6. The van der Waals surface area contributed by atoms with Crippen molar-refractivity contribution in [2.75, 3.05) is 9.80 Å². The predicted molar refractivity (Wildman–Crippen MR) is 282 cm³/mol. The van der Waals surface area contributed by atoms with Gasteiger partial charge in [-0.1, -0.05) is 137 Å². The topological polar surface area (TPSA) is 40.1 Å².